The Hall–Kier alpha value is -3.55. The first-order valence-electron chi connectivity index (χ1n) is 9.34. The Morgan fingerprint density at radius 3 is 2.52 bits per heavy atom. The standard InChI is InChI=1S/C21H24N6O2/c1-5-18(28)26-17(15-8-6-14(7-9-15)13(2)3)11-22-21(29)19-16-10-25-27(4)20(16)24-12-23-19/h5-10,12-13,17H,1,11H2,2-4H3,(H,22,29)(H,26,28). The number of benzene rings is 1. The molecule has 29 heavy (non-hydrogen) atoms. The van der Waals surface area contributed by atoms with Crippen LogP contribution >= 0.6 is 0 Å². The molecule has 1 unspecified atom stereocenters. The summed E-state index contributed by atoms with van der Waals surface area (Å²) in [6.45, 7) is 7.93. The van der Waals surface area contributed by atoms with Gasteiger partial charge in [-0.25, -0.2) is 9.97 Å². The van der Waals surface area contributed by atoms with E-state index in [9.17, 15) is 9.59 Å². The quantitative estimate of drug-likeness (QED) is 0.601. The largest absolute Gasteiger partial charge is 0.348 e. The van der Waals surface area contributed by atoms with Crippen LogP contribution in [-0.4, -0.2) is 38.1 Å². The Labute approximate surface area is 169 Å². The number of amides is 2. The SMILES string of the molecule is C=CC(=O)NC(CNC(=O)c1ncnc2c1cnn2C)c1ccc(C(C)C)cc1. The lowest BCUT2D eigenvalue weighted by Gasteiger charge is -2.20. The van der Waals surface area contributed by atoms with Crippen LogP contribution in [0, 0.1) is 0 Å². The Bertz CT molecular complexity index is 1040. The molecule has 0 aliphatic rings. The highest BCUT2D eigenvalue weighted by Crippen LogP contribution is 2.19. The van der Waals surface area contributed by atoms with Crippen LogP contribution in [0.1, 0.15) is 47.4 Å². The van der Waals surface area contributed by atoms with Gasteiger partial charge in [0, 0.05) is 13.6 Å². The van der Waals surface area contributed by atoms with Crippen molar-refractivity contribution in [2.75, 3.05) is 6.54 Å². The van der Waals surface area contributed by atoms with E-state index in [2.05, 4.69) is 46.1 Å². The van der Waals surface area contributed by atoms with E-state index in [4.69, 9.17) is 0 Å². The third-order valence-electron chi connectivity index (χ3n) is 4.72. The van der Waals surface area contributed by atoms with E-state index in [1.54, 1.807) is 17.9 Å². The van der Waals surface area contributed by atoms with Gasteiger partial charge in [-0.15, -0.1) is 0 Å². The van der Waals surface area contributed by atoms with E-state index < -0.39 is 6.04 Å². The summed E-state index contributed by atoms with van der Waals surface area (Å²) in [6.07, 6.45) is 4.10. The molecule has 0 spiro atoms. The molecule has 2 amide bonds. The molecule has 8 nitrogen and oxygen atoms in total. The minimum atomic E-state index is -0.406. The fourth-order valence-corrected chi connectivity index (χ4v) is 3.02. The second kappa shape index (κ2) is 8.64. The molecule has 2 N–H and O–H groups in total. The Morgan fingerprint density at radius 1 is 1.17 bits per heavy atom. The van der Waals surface area contributed by atoms with Crippen LogP contribution in [0.3, 0.4) is 0 Å². The minimum Gasteiger partial charge on any atom is -0.348 e. The summed E-state index contributed by atoms with van der Waals surface area (Å²) < 4.78 is 1.58. The number of rotatable bonds is 7. The third-order valence-corrected chi connectivity index (χ3v) is 4.72. The molecule has 8 heteroatoms. The van der Waals surface area contributed by atoms with E-state index in [-0.39, 0.29) is 24.1 Å². The first-order valence-corrected chi connectivity index (χ1v) is 9.34. The normalized spacial score (nSPS) is 12.0. The fourth-order valence-electron chi connectivity index (χ4n) is 3.02. The highest BCUT2D eigenvalue weighted by atomic mass is 16.2. The first kappa shape index (κ1) is 20.2. The number of nitrogens with one attached hydrogen (secondary N) is 2. The van der Waals surface area contributed by atoms with E-state index >= 15 is 0 Å². The molecule has 0 bridgehead atoms. The Morgan fingerprint density at radius 2 is 1.86 bits per heavy atom. The number of hydrogen-bond donors (Lipinski definition) is 2. The molecule has 0 aliphatic heterocycles. The number of aromatic nitrogens is 4. The second-order valence-corrected chi connectivity index (χ2v) is 7.02. The molecule has 2 aromatic heterocycles. The molecule has 0 saturated carbocycles. The lowest BCUT2D eigenvalue weighted by atomic mass is 9.99. The highest BCUT2D eigenvalue weighted by molar-refractivity contribution is 6.03. The molecule has 3 aromatic rings. The van der Waals surface area contributed by atoms with E-state index in [0.29, 0.717) is 17.0 Å². The van der Waals surface area contributed by atoms with Gasteiger partial charge in [-0.1, -0.05) is 44.7 Å². The molecular formula is C21H24N6O2. The maximum absolute atomic E-state index is 12.7. The predicted molar refractivity (Wildman–Crippen MR) is 110 cm³/mol. The van der Waals surface area contributed by atoms with Gasteiger partial charge >= 0.3 is 0 Å². The topological polar surface area (TPSA) is 102 Å². The van der Waals surface area contributed by atoms with Crippen LogP contribution in [0.15, 0.2) is 49.4 Å². The van der Waals surface area contributed by atoms with Gasteiger partial charge in [0.2, 0.25) is 5.91 Å². The molecular weight excluding hydrogens is 368 g/mol. The fraction of sp³-hybridized carbons (Fsp3) is 0.286. The van der Waals surface area contributed by atoms with E-state index in [1.807, 2.05) is 24.3 Å². The van der Waals surface area contributed by atoms with Crippen molar-refractivity contribution >= 4 is 22.8 Å². The van der Waals surface area contributed by atoms with Crippen LogP contribution < -0.4 is 10.6 Å². The van der Waals surface area contributed by atoms with Gasteiger partial charge in [-0.3, -0.25) is 14.3 Å². The number of fused-ring (bicyclic) bond motifs is 1. The van der Waals surface area contributed by atoms with Crippen LogP contribution in [0.5, 0.6) is 0 Å². The smallest absolute Gasteiger partial charge is 0.270 e. The average Bonchev–Trinajstić information content (AvgIpc) is 3.11. The molecule has 0 saturated heterocycles. The number of hydrogen-bond acceptors (Lipinski definition) is 5. The van der Waals surface area contributed by atoms with Crippen molar-refractivity contribution in [3.8, 4) is 0 Å². The molecule has 1 aromatic carbocycles. The monoisotopic (exact) mass is 392 g/mol. The summed E-state index contributed by atoms with van der Waals surface area (Å²) in [5.74, 6) is -0.263. The summed E-state index contributed by atoms with van der Waals surface area (Å²) in [5.41, 5.74) is 2.91. The van der Waals surface area contributed by atoms with Crippen LogP contribution in [0.2, 0.25) is 0 Å². The molecule has 0 fully saturated rings. The summed E-state index contributed by atoms with van der Waals surface area (Å²) in [7, 11) is 1.75. The third kappa shape index (κ3) is 4.48. The number of nitrogens with zero attached hydrogens (tertiary/aromatic N) is 4. The van der Waals surface area contributed by atoms with Gasteiger partial charge in [0.05, 0.1) is 17.6 Å². The number of aryl methyl sites for hydroxylation is 1. The van der Waals surface area contributed by atoms with Crippen molar-refractivity contribution in [2.24, 2.45) is 7.05 Å². The second-order valence-electron chi connectivity index (χ2n) is 7.02. The molecule has 150 valence electrons. The highest BCUT2D eigenvalue weighted by Gasteiger charge is 2.19. The first-order chi connectivity index (χ1) is 13.9. The van der Waals surface area contributed by atoms with Gasteiger partial charge in [0.15, 0.2) is 5.65 Å². The van der Waals surface area contributed by atoms with E-state index in [0.717, 1.165) is 5.56 Å². The van der Waals surface area contributed by atoms with Crippen molar-refractivity contribution in [1.29, 1.82) is 0 Å². The zero-order valence-corrected chi connectivity index (χ0v) is 16.7. The predicted octanol–water partition coefficient (Wildman–Crippen LogP) is 2.26. The summed E-state index contributed by atoms with van der Waals surface area (Å²) in [6, 6.07) is 7.56. The van der Waals surface area contributed by atoms with Gasteiger partial charge in [-0.05, 0) is 23.1 Å². The summed E-state index contributed by atoms with van der Waals surface area (Å²) >= 11 is 0. The van der Waals surface area contributed by atoms with Crippen molar-refractivity contribution in [3.63, 3.8) is 0 Å². The Balaban J connectivity index is 1.79. The van der Waals surface area contributed by atoms with Gasteiger partial charge in [0.25, 0.3) is 5.91 Å². The van der Waals surface area contributed by atoms with Crippen molar-refractivity contribution < 1.29 is 9.59 Å². The van der Waals surface area contributed by atoms with Crippen molar-refractivity contribution in [2.45, 2.75) is 25.8 Å². The maximum atomic E-state index is 12.7. The van der Waals surface area contributed by atoms with Crippen LogP contribution in [0.25, 0.3) is 11.0 Å². The molecule has 3 rings (SSSR count). The van der Waals surface area contributed by atoms with Crippen LogP contribution in [-0.2, 0) is 11.8 Å². The van der Waals surface area contributed by atoms with E-state index in [1.165, 1.54) is 18.0 Å². The van der Waals surface area contributed by atoms with Gasteiger partial charge < -0.3 is 10.6 Å². The molecule has 2 heterocycles. The Kier molecular flexibility index (Phi) is 6.01. The molecule has 1 atom stereocenters. The molecule has 0 aliphatic carbocycles. The average molecular weight is 392 g/mol. The summed E-state index contributed by atoms with van der Waals surface area (Å²) in [5, 5.41) is 10.4. The number of carbonyl (C=O) groups is 2. The molecule has 0 radical (unpaired) electrons. The zero-order valence-electron chi connectivity index (χ0n) is 16.7. The van der Waals surface area contributed by atoms with Crippen molar-refractivity contribution in [1.82, 2.24) is 30.4 Å². The van der Waals surface area contributed by atoms with Gasteiger partial charge in [0.1, 0.15) is 12.0 Å². The van der Waals surface area contributed by atoms with Crippen LogP contribution in [0.4, 0.5) is 0 Å². The maximum Gasteiger partial charge on any atom is 0.270 e. The zero-order chi connectivity index (χ0) is 21.0. The number of carbonyl (C=O) groups excluding carboxylic acids is 2. The lowest BCUT2D eigenvalue weighted by Crippen LogP contribution is -2.37. The van der Waals surface area contributed by atoms with Crippen molar-refractivity contribution in [3.05, 3.63) is 66.3 Å². The summed E-state index contributed by atoms with van der Waals surface area (Å²) in [4.78, 5) is 32.9. The minimum absolute atomic E-state index is 0.200. The lowest BCUT2D eigenvalue weighted by molar-refractivity contribution is -0.117. The van der Waals surface area contributed by atoms with Gasteiger partial charge in [-0.2, -0.15) is 5.10 Å².